The van der Waals surface area contributed by atoms with Crippen LogP contribution in [0.2, 0.25) is 5.02 Å². The molecule has 2 atom stereocenters. The molecule has 4 heteroatoms. The monoisotopic (exact) mass is 343 g/mol. The van der Waals surface area contributed by atoms with E-state index in [1.807, 2.05) is 62.5 Å². The van der Waals surface area contributed by atoms with Gasteiger partial charge < -0.3 is 9.64 Å². The summed E-state index contributed by atoms with van der Waals surface area (Å²) in [6, 6.07) is 15.7. The second-order valence-electron chi connectivity index (χ2n) is 6.39. The van der Waals surface area contributed by atoms with Crippen LogP contribution in [0.5, 0.6) is 5.75 Å². The van der Waals surface area contributed by atoms with Crippen molar-refractivity contribution >= 4 is 17.5 Å². The van der Waals surface area contributed by atoms with Gasteiger partial charge in [-0.05, 0) is 48.6 Å². The molecule has 1 aliphatic carbocycles. The number of carbonyl (C=O) groups excluding carboxylic acids is 1. The summed E-state index contributed by atoms with van der Waals surface area (Å²) in [7, 11) is 1.84. The maximum Gasteiger partial charge on any atom is 0.226 e. The Morgan fingerprint density at radius 2 is 2.04 bits per heavy atom. The SMILES string of the molecule is Cc1cccc(OCCN(C)C(=O)C2CC2c2ccccc2Cl)c1. The summed E-state index contributed by atoms with van der Waals surface area (Å²) < 4.78 is 5.72. The van der Waals surface area contributed by atoms with Crippen molar-refractivity contribution in [2.45, 2.75) is 19.3 Å². The minimum absolute atomic E-state index is 0.0499. The van der Waals surface area contributed by atoms with Crippen molar-refractivity contribution in [3.05, 3.63) is 64.7 Å². The molecule has 2 aromatic rings. The molecular formula is C20H22ClNO2. The van der Waals surface area contributed by atoms with Crippen molar-refractivity contribution in [1.29, 1.82) is 0 Å². The van der Waals surface area contributed by atoms with E-state index in [-0.39, 0.29) is 17.7 Å². The van der Waals surface area contributed by atoms with Crippen molar-refractivity contribution < 1.29 is 9.53 Å². The quantitative estimate of drug-likeness (QED) is 0.783. The molecule has 1 aliphatic rings. The Balaban J connectivity index is 1.48. The largest absolute Gasteiger partial charge is 0.492 e. The Morgan fingerprint density at radius 3 is 2.79 bits per heavy atom. The van der Waals surface area contributed by atoms with Gasteiger partial charge in [-0.3, -0.25) is 4.79 Å². The van der Waals surface area contributed by atoms with E-state index in [4.69, 9.17) is 16.3 Å². The predicted octanol–water partition coefficient (Wildman–Crippen LogP) is 4.29. The van der Waals surface area contributed by atoms with Crippen LogP contribution >= 0.6 is 11.6 Å². The van der Waals surface area contributed by atoms with Crippen LogP contribution in [0.4, 0.5) is 0 Å². The van der Waals surface area contributed by atoms with E-state index >= 15 is 0 Å². The van der Waals surface area contributed by atoms with E-state index in [0.29, 0.717) is 13.2 Å². The Hall–Kier alpha value is -2.00. The third kappa shape index (κ3) is 3.90. The summed E-state index contributed by atoms with van der Waals surface area (Å²) in [5, 5.41) is 0.753. The highest BCUT2D eigenvalue weighted by molar-refractivity contribution is 6.31. The van der Waals surface area contributed by atoms with Gasteiger partial charge in [0.1, 0.15) is 12.4 Å². The lowest BCUT2D eigenvalue weighted by Crippen LogP contribution is -2.32. The number of hydrogen-bond acceptors (Lipinski definition) is 2. The second kappa shape index (κ2) is 7.27. The fraction of sp³-hybridized carbons (Fsp3) is 0.350. The number of benzene rings is 2. The van der Waals surface area contributed by atoms with Gasteiger partial charge in [-0.2, -0.15) is 0 Å². The smallest absolute Gasteiger partial charge is 0.226 e. The standard InChI is InChI=1S/C20H22ClNO2/c1-14-6-5-7-15(12-14)24-11-10-22(2)20(23)18-13-17(18)16-8-3-4-9-19(16)21/h3-9,12,17-18H,10-11,13H2,1-2H3. The topological polar surface area (TPSA) is 29.5 Å². The molecular weight excluding hydrogens is 322 g/mol. The molecule has 0 aromatic heterocycles. The summed E-state index contributed by atoms with van der Waals surface area (Å²) in [5.74, 6) is 1.32. The van der Waals surface area contributed by atoms with Crippen LogP contribution in [-0.4, -0.2) is 31.0 Å². The number of hydrogen-bond donors (Lipinski definition) is 0. The molecule has 1 saturated carbocycles. The molecule has 0 heterocycles. The first kappa shape index (κ1) is 16.8. The van der Waals surface area contributed by atoms with E-state index in [1.165, 1.54) is 0 Å². The number of likely N-dealkylation sites (N-methyl/N-ethyl adjacent to an activating group) is 1. The van der Waals surface area contributed by atoms with Crippen molar-refractivity contribution in [2.24, 2.45) is 5.92 Å². The van der Waals surface area contributed by atoms with Crippen LogP contribution in [0.1, 0.15) is 23.5 Å². The highest BCUT2D eigenvalue weighted by Crippen LogP contribution is 2.50. The summed E-state index contributed by atoms with van der Waals surface area (Å²) in [4.78, 5) is 14.3. The molecule has 0 N–H and O–H groups in total. The molecule has 3 rings (SSSR count). The van der Waals surface area contributed by atoms with Gasteiger partial charge in [0.15, 0.2) is 0 Å². The number of halogens is 1. The lowest BCUT2D eigenvalue weighted by atomic mass is 10.1. The van der Waals surface area contributed by atoms with Gasteiger partial charge in [-0.15, -0.1) is 0 Å². The van der Waals surface area contributed by atoms with Gasteiger partial charge in [0, 0.05) is 18.0 Å². The first-order valence-electron chi connectivity index (χ1n) is 8.25. The summed E-state index contributed by atoms with van der Waals surface area (Å²) in [5.41, 5.74) is 2.25. The minimum Gasteiger partial charge on any atom is -0.492 e. The molecule has 0 aliphatic heterocycles. The molecule has 126 valence electrons. The molecule has 3 nitrogen and oxygen atoms in total. The van der Waals surface area contributed by atoms with Gasteiger partial charge in [-0.25, -0.2) is 0 Å². The first-order chi connectivity index (χ1) is 11.6. The minimum atomic E-state index is 0.0499. The fourth-order valence-electron chi connectivity index (χ4n) is 2.99. The average Bonchev–Trinajstić information content (AvgIpc) is 3.35. The van der Waals surface area contributed by atoms with Gasteiger partial charge in [0.05, 0.1) is 6.54 Å². The van der Waals surface area contributed by atoms with Crippen molar-refractivity contribution in [3.63, 3.8) is 0 Å². The van der Waals surface area contributed by atoms with Gasteiger partial charge in [-0.1, -0.05) is 41.9 Å². The van der Waals surface area contributed by atoms with Crippen molar-refractivity contribution in [2.75, 3.05) is 20.2 Å². The molecule has 2 unspecified atom stereocenters. The van der Waals surface area contributed by atoms with Crippen LogP contribution in [0, 0.1) is 12.8 Å². The Labute approximate surface area is 148 Å². The zero-order chi connectivity index (χ0) is 17.1. The normalized spacial score (nSPS) is 19.0. The number of rotatable bonds is 6. The lowest BCUT2D eigenvalue weighted by Gasteiger charge is -2.18. The molecule has 1 amide bonds. The van der Waals surface area contributed by atoms with Crippen LogP contribution in [0.3, 0.4) is 0 Å². The van der Waals surface area contributed by atoms with Crippen LogP contribution in [0.15, 0.2) is 48.5 Å². The maximum atomic E-state index is 12.5. The number of nitrogens with zero attached hydrogens (tertiary/aromatic N) is 1. The molecule has 0 bridgehead atoms. The van der Waals surface area contributed by atoms with E-state index in [1.54, 1.807) is 4.90 Å². The van der Waals surface area contributed by atoms with Crippen LogP contribution < -0.4 is 4.74 Å². The molecule has 2 aromatic carbocycles. The number of amides is 1. The molecule has 0 spiro atoms. The Kier molecular flexibility index (Phi) is 5.10. The van der Waals surface area contributed by atoms with E-state index in [0.717, 1.165) is 28.3 Å². The summed E-state index contributed by atoms with van der Waals surface area (Å²) >= 11 is 6.23. The highest BCUT2D eigenvalue weighted by Gasteiger charge is 2.45. The van der Waals surface area contributed by atoms with Gasteiger partial charge >= 0.3 is 0 Å². The molecule has 24 heavy (non-hydrogen) atoms. The van der Waals surface area contributed by atoms with Gasteiger partial charge in [0.2, 0.25) is 5.91 Å². The highest BCUT2D eigenvalue weighted by atomic mass is 35.5. The van der Waals surface area contributed by atoms with Crippen LogP contribution in [-0.2, 0) is 4.79 Å². The Morgan fingerprint density at radius 1 is 1.25 bits per heavy atom. The molecule has 0 radical (unpaired) electrons. The predicted molar refractivity (Wildman–Crippen MR) is 96.6 cm³/mol. The third-order valence-corrected chi connectivity index (χ3v) is 4.82. The first-order valence-corrected chi connectivity index (χ1v) is 8.63. The third-order valence-electron chi connectivity index (χ3n) is 4.47. The number of carbonyl (C=O) groups is 1. The van der Waals surface area contributed by atoms with E-state index < -0.39 is 0 Å². The summed E-state index contributed by atoms with van der Waals surface area (Å²) in [6.45, 7) is 3.11. The number of ether oxygens (including phenoxy) is 1. The zero-order valence-corrected chi connectivity index (χ0v) is 14.8. The van der Waals surface area contributed by atoms with Crippen molar-refractivity contribution in [3.8, 4) is 5.75 Å². The summed E-state index contributed by atoms with van der Waals surface area (Å²) in [6.07, 6.45) is 0.881. The zero-order valence-electron chi connectivity index (χ0n) is 14.0. The Bertz CT molecular complexity index is 731. The lowest BCUT2D eigenvalue weighted by molar-refractivity contribution is -0.131. The second-order valence-corrected chi connectivity index (χ2v) is 6.80. The fourth-order valence-corrected chi connectivity index (χ4v) is 3.26. The van der Waals surface area contributed by atoms with E-state index in [2.05, 4.69) is 0 Å². The maximum absolute atomic E-state index is 12.5. The molecule has 0 saturated heterocycles. The average molecular weight is 344 g/mol. The number of aryl methyl sites for hydroxylation is 1. The molecule has 1 fully saturated rings. The van der Waals surface area contributed by atoms with Gasteiger partial charge in [0.25, 0.3) is 0 Å². The van der Waals surface area contributed by atoms with Crippen LogP contribution in [0.25, 0.3) is 0 Å². The van der Waals surface area contributed by atoms with E-state index in [9.17, 15) is 4.79 Å². The van der Waals surface area contributed by atoms with Crippen molar-refractivity contribution in [1.82, 2.24) is 4.90 Å².